The van der Waals surface area contributed by atoms with Crippen LogP contribution in [0.1, 0.15) is 34.0 Å². The number of carbonyl (C=O) groups is 1. The van der Waals surface area contributed by atoms with Crippen molar-refractivity contribution in [1.82, 2.24) is 15.3 Å². The lowest BCUT2D eigenvalue weighted by Gasteiger charge is -2.27. The van der Waals surface area contributed by atoms with Gasteiger partial charge < -0.3 is 20.3 Å². The van der Waals surface area contributed by atoms with Gasteiger partial charge in [0.05, 0.1) is 17.4 Å². The Morgan fingerprint density at radius 2 is 2.13 bits per heavy atom. The second kappa shape index (κ2) is 9.02. The first-order chi connectivity index (χ1) is 14.6. The van der Waals surface area contributed by atoms with E-state index in [1.807, 2.05) is 24.3 Å². The molecule has 1 aliphatic rings. The summed E-state index contributed by atoms with van der Waals surface area (Å²) in [5, 5.41) is 22.7. The highest BCUT2D eigenvalue weighted by Gasteiger charge is 2.21. The summed E-state index contributed by atoms with van der Waals surface area (Å²) in [5.41, 5.74) is 3.59. The van der Waals surface area contributed by atoms with Crippen LogP contribution in [0.25, 0.3) is 11.3 Å². The molecular weight excluding hydrogens is 382 g/mol. The summed E-state index contributed by atoms with van der Waals surface area (Å²) in [6.45, 7) is 1.07. The van der Waals surface area contributed by atoms with E-state index in [2.05, 4.69) is 15.3 Å². The molecule has 3 heterocycles. The smallest absolute Gasteiger partial charge is 0.335 e. The van der Waals surface area contributed by atoms with Crippen LogP contribution in [0.3, 0.4) is 0 Å². The third-order valence-corrected chi connectivity index (χ3v) is 5.17. The molecule has 1 aliphatic heterocycles. The number of fused-ring (bicyclic) bond motifs is 1. The minimum atomic E-state index is -0.969. The van der Waals surface area contributed by atoms with E-state index in [0.29, 0.717) is 18.8 Å². The predicted octanol–water partition coefficient (Wildman–Crippen LogP) is 2.86. The minimum Gasteiger partial charge on any atom is -0.489 e. The standard InChI is InChI=1S/C23H23N3O4/c27-21(18-2-1-8-24-12-18)14-25-13-19-5-3-16-10-15(4-6-22(16)30-19)20-11-17(23(28)29)7-9-26-20/h1-2,4,6-12,19,21,25,27H,3,5,13-14H2,(H,28,29)/t19-,21+/m1/s1. The number of carboxylic acids is 1. The van der Waals surface area contributed by atoms with Crippen LogP contribution in [-0.4, -0.2) is 45.3 Å². The molecule has 0 saturated carbocycles. The van der Waals surface area contributed by atoms with Gasteiger partial charge >= 0.3 is 5.97 Å². The zero-order valence-electron chi connectivity index (χ0n) is 16.4. The number of aliphatic hydroxyl groups excluding tert-OH is 1. The number of rotatable bonds is 7. The molecule has 30 heavy (non-hydrogen) atoms. The Labute approximate surface area is 174 Å². The Hall–Kier alpha value is -3.29. The second-order valence-electron chi connectivity index (χ2n) is 7.30. The van der Waals surface area contributed by atoms with E-state index < -0.39 is 12.1 Å². The third kappa shape index (κ3) is 4.64. The van der Waals surface area contributed by atoms with Crippen LogP contribution in [0.4, 0.5) is 0 Å². The zero-order chi connectivity index (χ0) is 20.9. The van der Waals surface area contributed by atoms with Crippen molar-refractivity contribution < 1.29 is 19.7 Å². The number of benzene rings is 1. The van der Waals surface area contributed by atoms with Gasteiger partial charge in [-0.3, -0.25) is 9.97 Å². The van der Waals surface area contributed by atoms with Gasteiger partial charge in [0.1, 0.15) is 11.9 Å². The van der Waals surface area contributed by atoms with Crippen molar-refractivity contribution in [2.24, 2.45) is 0 Å². The van der Waals surface area contributed by atoms with Gasteiger partial charge in [0, 0.05) is 42.8 Å². The van der Waals surface area contributed by atoms with Gasteiger partial charge in [-0.2, -0.15) is 0 Å². The Bertz CT molecular complexity index is 1030. The molecule has 0 bridgehead atoms. The highest BCUT2D eigenvalue weighted by atomic mass is 16.5. The summed E-state index contributed by atoms with van der Waals surface area (Å²) in [5.74, 6) is -0.136. The average Bonchev–Trinajstić information content (AvgIpc) is 2.79. The largest absolute Gasteiger partial charge is 0.489 e. The molecule has 3 aromatic rings. The highest BCUT2D eigenvalue weighted by molar-refractivity contribution is 5.88. The van der Waals surface area contributed by atoms with E-state index in [1.54, 1.807) is 24.5 Å². The maximum atomic E-state index is 11.2. The number of aryl methyl sites for hydroxylation is 1. The highest BCUT2D eigenvalue weighted by Crippen LogP contribution is 2.31. The van der Waals surface area contributed by atoms with E-state index in [0.717, 1.165) is 35.3 Å². The Kier molecular flexibility index (Phi) is 6.02. The number of hydrogen-bond acceptors (Lipinski definition) is 6. The third-order valence-electron chi connectivity index (χ3n) is 5.17. The van der Waals surface area contributed by atoms with Gasteiger partial charge in [-0.05, 0) is 54.8 Å². The van der Waals surface area contributed by atoms with Crippen molar-refractivity contribution in [3.05, 3.63) is 77.7 Å². The molecule has 0 amide bonds. The molecule has 0 radical (unpaired) electrons. The van der Waals surface area contributed by atoms with Crippen molar-refractivity contribution in [2.75, 3.05) is 13.1 Å². The molecule has 154 valence electrons. The van der Waals surface area contributed by atoms with Gasteiger partial charge in [-0.25, -0.2) is 4.79 Å². The fraction of sp³-hybridized carbons (Fsp3) is 0.261. The molecule has 0 spiro atoms. The maximum absolute atomic E-state index is 11.2. The molecule has 2 aromatic heterocycles. The van der Waals surface area contributed by atoms with Gasteiger partial charge in [0.15, 0.2) is 0 Å². The van der Waals surface area contributed by atoms with Crippen LogP contribution in [0.2, 0.25) is 0 Å². The van der Waals surface area contributed by atoms with Crippen molar-refractivity contribution >= 4 is 5.97 Å². The van der Waals surface area contributed by atoms with Crippen molar-refractivity contribution in [3.8, 4) is 17.0 Å². The summed E-state index contributed by atoms with van der Waals surface area (Å²) in [4.78, 5) is 19.5. The van der Waals surface area contributed by atoms with Crippen molar-refractivity contribution in [3.63, 3.8) is 0 Å². The number of carboxylic acid groups (broad SMARTS) is 1. The number of pyridine rings is 2. The number of nitrogens with one attached hydrogen (secondary N) is 1. The summed E-state index contributed by atoms with van der Waals surface area (Å²) in [6, 6.07) is 12.5. The lowest BCUT2D eigenvalue weighted by Crippen LogP contribution is -2.36. The van der Waals surface area contributed by atoms with Crippen LogP contribution in [0, 0.1) is 0 Å². The lowest BCUT2D eigenvalue weighted by atomic mass is 9.98. The van der Waals surface area contributed by atoms with Crippen molar-refractivity contribution in [1.29, 1.82) is 0 Å². The van der Waals surface area contributed by atoms with Crippen LogP contribution in [-0.2, 0) is 6.42 Å². The van der Waals surface area contributed by atoms with Crippen LogP contribution in [0.5, 0.6) is 5.75 Å². The predicted molar refractivity (Wildman–Crippen MR) is 111 cm³/mol. The quantitative estimate of drug-likeness (QED) is 0.555. The Balaban J connectivity index is 1.36. The molecular formula is C23H23N3O4. The number of hydrogen-bond donors (Lipinski definition) is 3. The molecule has 0 saturated heterocycles. The topological polar surface area (TPSA) is 105 Å². The maximum Gasteiger partial charge on any atom is 0.335 e. The average molecular weight is 405 g/mol. The zero-order valence-corrected chi connectivity index (χ0v) is 16.4. The molecule has 7 nitrogen and oxygen atoms in total. The minimum absolute atomic E-state index is 0.0258. The molecule has 7 heteroatoms. The molecule has 3 N–H and O–H groups in total. The first-order valence-corrected chi connectivity index (χ1v) is 9.88. The number of ether oxygens (including phenoxy) is 1. The monoisotopic (exact) mass is 405 g/mol. The van der Waals surface area contributed by atoms with Crippen LogP contribution in [0.15, 0.2) is 61.1 Å². The molecule has 0 fully saturated rings. The normalized spacial score (nSPS) is 16.4. The Morgan fingerprint density at radius 1 is 1.23 bits per heavy atom. The first kappa shape index (κ1) is 20.0. The number of aromatic carboxylic acids is 1. The molecule has 0 unspecified atom stereocenters. The summed E-state index contributed by atoms with van der Waals surface area (Å²) in [6.07, 6.45) is 5.99. The molecule has 2 atom stereocenters. The van der Waals surface area contributed by atoms with Gasteiger partial charge in [0.25, 0.3) is 0 Å². The summed E-state index contributed by atoms with van der Waals surface area (Å²) >= 11 is 0. The fourth-order valence-corrected chi connectivity index (χ4v) is 3.54. The molecule has 1 aromatic carbocycles. The Morgan fingerprint density at radius 3 is 2.93 bits per heavy atom. The fourth-order valence-electron chi connectivity index (χ4n) is 3.54. The number of aromatic nitrogens is 2. The first-order valence-electron chi connectivity index (χ1n) is 9.88. The van der Waals surface area contributed by atoms with Crippen LogP contribution < -0.4 is 10.1 Å². The summed E-state index contributed by atoms with van der Waals surface area (Å²) in [7, 11) is 0. The SMILES string of the molecule is O=C(O)c1ccnc(-c2ccc3c(c2)CC[C@H](CNC[C@H](O)c2cccnc2)O3)c1. The van der Waals surface area contributed by atoms with Gasteiger partial charge in [0.2, 0.25) is 0 Å². The van der Waals surface area contributed by atoms with E-state index in [4.69, 9.17) is 4.74 Å². The van der Waals surface area contributed by atoms with E-state index in [-0.39, 0.29) is 11.7 Å². The van der Waals surface area contributed by atoms with E-state index >= 15 is 0 Å². The van der Waals surface area contributed by atoms with Crippen molar-refractivity contribution in [2.45, 2.75) is 25.0 Å². The molecule has 4 rings (SSSR count). The number of aliphatic hydroxyl groups is 1. The number of nitrogens with zero attached hydrogens (tertiary/aromatic N) is 2. The lowest BCUT2D eigenvalue weighted by molar-refractivity contribution is 0.0696. The second-order valence-corrected chi connectivity index (χ2v) is 7.30. The van der Waals surface area contributed by atoms with E-state index in [1.165, 1.54) is 12.3 Å². The van der Waals surface area contributed by atoms with Crippen LogP contribution >= 0.6 is 0 Å². The van der Waals surface area contributed by atoms with E-state index in [9.17, 15) is 15.0 Å². The van der Waals surface area contributed by atoms with Gasteiger partial charge in [-0.1, -0.05) is 6.07 Å². The van der Waals surface area contributed by atoms with Gasteiger partial charge in [-0.15, -0.1) is 0 Å². The summed E-state index contributed by atoms with van der Waals surface area (Å²) < 4.78 is 6.10. The molecule has 0 aliphatic carbocycles.